The summed E-state index contributed by atoms with van der Waals surface area (Å²) in [6, 6.07) is 11.5. The third-order valence-electron chi connectivity index (χ3n) is 5.98. The molecule has 1 saturated heterocycles. The summed E-state index contributed by atoms with van der Waals surface area (Å²) in [6.45, 7) is 1.21. The van der Waals surface area contributed by atoms with Crippen LogP contribution in [0.25, 0.3) is 0 Å². The summed E-state index contributed by atoms with van der Waals surface area (Å²) in [5.74, 6) is 0.495. The number of benzene rings is 2. The smallest absolute Gasteiger partial charge is 0.224 e. The molecule has 5 rings (SSSR count). The lowest BCUT2D eigenvalue weighted by Crippen LogP contribution is -2.33. The third-order valence-corrected chi connectivity index (χ3v) is 5.98. The predicted molar refractivity (Wildman–Crippen MR) is 113 cm³/mol. The molecule has 0 saturated carbocycles. The zero-order valence-electron chi connectivity index (χ0n) is 16.8. The lowest BCUT2D eigenvalue weighted by molar-refractivity contribution is -0.116. The fourth-order valence-electron chi connectivity index (χ4n) is 4.45. The number of allylic oxidation sites excluding steroid dienone is 1. The van der Waals surface area contributed by atoms with Crippen molar-refractivity contribution in [1.29, 1.82) is 0 Å². The molecule has 2 aromatic rings. The Morgan fingerprint density at radius 1 is 1.23 bits per heavy atom. The summed E-state index contributed by atoms with van der Waals surface area (Å²) in [5, 5.41) is 24.6. The zero-order chi connectivity index (χ0) is 21.6. The number of aliphatic hydroxyl groups excluding tert-OH is 1. The molecule has 1 fully saturated rings. The van der Waals surface area contributed by atoms with Crippen LogP contribution >= 0.6 is 0 Å². The lowest BCUT2D eigenvalue weighted by atomic mass is 9.98. The highest BCUT2D eigenvalue weighted by Crippen LogP contribution is 2.37. The Morgan fingerprint density at radius 2 is 2.10 bits per heavy atom. The van der Waals surface area contributed by atoms with E-state index in [0.717, 1.165) is 22.4 Å². The Bertz CT molecular complexity index is 1110. The molecule has 2 aromatic carbocycles. The molecule has 2 aliphatic heterocycles. The normalized spacial score (nSPS) is 23.5. The molecule has 31 heavy (non-hydrogen) atoms. The summed E-state index contributed by atoms with van der Waals surface area (Å²) in [7, 11) is 0. The van der Waals surface area contributed by atoms with Gasteiger partial charge in [0.25, 0.3) is 0 Å². The van der Waals surface area contributed by atoms with Gasteiger partial charge >= 0.3 is 0 Å². The highest BCUT2D eigenvalue weighted by atomic mass is 19.1. The van der Waals surface area contributed by atoms with Gasteiger partial charge in [0.15, 0.2) is 0 Å². The molecule has 7 heteroatoms. The highest BCUT2D eigenvalue weighted by molar-refractivity contribution is 5.93. The number of nitrogens with zero attached hydrogens (tertiary/aromatic N) is 1. The van der Waals surface area contributed by atoms with Crippen molar-refractivity contribution in [1.82, 2.24) is 4.90 Å². The van der Waals surface area contributed by atoms with Gasteiger partial charge in [0, 0.05) is 37.8 Å². The Morgan fingerprint density at radius 3 is 2.90 bits per heavy atom. The number of carbonyl (C=O) groups is 1. The van der Waals surface area contributed by atoms with Crippen LogP contribution in [0, 0.1) is 5.82 Å². The van der Waals surface area contributed by atoms with Gasteiger partial charge in [-0.05, 0) is 53.5 Å². The topological polar surface area (TPSA) is 82.0 Å². The first-order valence-corrected chi connectivity index (χ1v) is 10.3. The predicted octanol–water partition coefficient (Wildman–Crippen LogP) is 2.69. The van der Waals surface area contributed by atoms with Crippen molar-refractivity contribution < 1.29 is 24.1 Å². The molecular weight excluding hydrogens is 399 g/mol. The minimum Gasteiger partial charge on any atom is -0.457 e. The largest absolute Gasteiger partial charge is 0.457 e. The summed E-state index contributed by atoms with van der Waals surface area (Å²) in [6.07, 6.45) is 3.82. The zero-order valence-corrected chi connectivity index (χ0v) is 16.8. The number of halogens is 1. The average molecular weight is 422 g/mol. The van der Waals surface area contributed by atoms with Gasteiger partial charge in [-0.25, -0.2) is 4.39 Å². The number of carbonyl (C=O) groups excluding carboxylic acids is 1. The number of aliphatic hydroxyl groups is 2. The Labute approximate surface area is 179 Å². The van der Waals surface area contributed by atoms with Crippen LogP contribution in [-0.2, 0) is 11.2 Å². The van der Waals surface area contributed by atoms with Gasteiger partial charge in [-0.1, -0.05) is 18.2 Å². The monoisotopic (exact) mass is 422 g/mol. The number of ether oxygens (including phenoxy) is 1. The van der Waals surface area contributed by atoms with Gasteiger partial charge in [0.05, 0.1) is 6.10 Å². The molecule has 0 aromatic heterocycles. The first-order valence-electron chi connectivity index (χ1n) is 10.3. The van der Waals surface area contributed by atoms with E-state index in [1.54, 1.807) is 24.3 Å². The minimum absolute atomic E-state index is 0.0136. The molecule has 2 heterocycles. The highest BCUT2D eigenvalue weighted by Gasteiger charge is 2.43. The van der Waals surface area contributed by atoms with Gasteiger partial charge in [-0.15, -0.1) is 0 Å². The van der Waals surface area contributed by atoms with E-state index in [2.05, 4.69) is 5.32 Å². The molecule has 0 unspecified atom stereocenters. The number of rotatable bonds is 5. The van der Waals surface area contributed by atoms with Crippen molar-refractivity contribution in [3.05, 3.63) is 82.9 Å². The third kappa shape index (κ3) is 3.99. The first kappa shape index (κ1) is 19.9. The van der Waals surface area contributed by atoms with E-state index in [4.69, 9.17) is 4.74 Å². The number of fused-ring (bicyclic) bond motifs is 2. The molecule has 1 aliphatic carbocycles. The Hall–Kier alpha value is -3.00. The second-order valence-corrected chi connectivity index (χ2v) is 8.35. The molecule has 6 nitrogen and oxygen atoms in total. The molecule has 3 N–H and O–H groups in total. The molecular formula is C24H23FN2O4. The maximum absolute atomic E-state index is 13.4. The molecule has 1 amide bonds. The fourth-order valence-corrected chi connectivity index (χ4v) is 4.45. The van der Waals surface area contributed by atoms with Crippen LogP contribution in [0.1, 0.15) is 23.7 Å². The summed E-state index contributed by atoms with van der Waals surface area (Å²) in [5.41, 5.74) is 2.26. The number of β-amino-alcohol motifs (C(OH)–C–C–N with tert-alkyl or cyclic N) is 2. The minimum atomic E-state index is -1.15. The number of anilines is 1. The number of hydrogen-bond acceptors (Lipinski definition) is 5. The van der Waals surface area contributed by atoms with E-state index in [1.807, 2.05) is 23.1 Å². The molecule has 160 valence electrons. The van der Waals surface area contributed by atoms with Crippen molar-refractivity contribution in [2.75, 3.05) is 25.0 Å². The standard InChI is InChI=1S/C24H23FN2O4/c25-18-2-1-3-19(10-18)31-20-9-17-12-27(14-24(17,30)11-20)13-22(28)16-4-6-21-15(8-16)5-7-23(29)26-21/h1-4,6,8-11,22,28,30H,5,7,12-14H2,(H,26,29)/t22-,24+/m0/s1. The van der Waals surface area contributed by atoms with Gasteiger partial charge in [-0.2, -0.15) is 0 Å². The van der Waals surface area contributed by atoms with E-state index in [0.29, 0.717) is 44.0 Å². The summed E-state index contributed by atoms with van der Waals surface area (Å²) < 4.78 is 19.0. The maximum atomic E-state index is 13.4. The average Bonchev–Trinajstić information content (AvgIpc) is 3.17. The number of amides is 1. The molecule has 0 spiro atoms. The Kier molecular flexibility index (Phi) is 4.89. The fraction of sp³-hybridized carbons (Fsp3) is 0.292. The number of hydrogen-bond donors (Lipinski definition) is 3. The second-order valence-electron chi connectivity index (χ2n) is 8.35. The van der Waals surface area contributed by atoms with Crippen LogP contribution in [0.5, 0.6) is 5.75 Å². The maximum Gasteiger partial charge on any atom is 0.224 e. The van der Waals surface area contributed by atoms with E-state index in [-0.39, 0.29) is 11.7 Å². The van der Waals surface area contributed by atoms with Crippen LogP contribution in [-0.4, -0.2) is 46.3 Å². The van der Waals surface area contributed by atoms with Crippen molar-refractivity contribution >= 4 is 11.6 Å². The number of nitrogens with one attached hydrogen (secondary N) is 1. The number of likely N-dealkylation sites (tertiary alicyclic amines) is 1. The second kappa shape index (κ2) is 7.60. The number of aryl methyl sites for hydroxylation is 1. The molecule has 0 bridgehead atoms. The molecule has 0 radical (unpaired) electrons. The van der Waals surface area contributed by atoms with Crippen molar-refractivity contribution in [2.24, 2.45) is 0 Å². The van der Waals surface area contributed by atoms with Gasteiger partial charge < -0.3 is 20.3 Å². The quantitative estimate of drug-likeness (QED) is 0.690. The van der Waals surface area contributed by atoms with E-state index in [9.17, 15) is 19.4 Å². The molecule has 2 atom stereocenters. The van der Waals surface area contributed by atoms with Crippen LogP contribution in [0.2, 0.25) is 0 Å². The molecule has 3 aliphatic rings. The van der Waals surface area contributed by atoms with E-state index >= 15 is 0 Å². The van der Waals surface area contributed by atoms with E-state index < -0.39 is 11.7 Å². The SMILES string of the molecule is O=C1CCc2cc([C@@H](O)CN3CC4=CC(Oc5cccc(F)c5)=C[C@@]4(O)C3)ccc2N1. The van der Waals surface area contributed by atoms with Crippen LogP contribution in [0.3, 0.4) is 0 Å². The van der Waals surface area contributed by atoms with Crippen LogP contribution in [0.15, 0.2) is 65.9 Å². The van der Waals surface area contributed by atoms with Crippen LogP contribution < -0.4 is 10.1 Å². The van der Waals surface area contributed by atoms with E-state index in [1.165, 1.54) is 12.1 Å². The van der Waals surface area contributed by atoms with Gasteiger partial charge in [0.1, 0.15) is 22.9 Å². The van der Waals surface area contributed by atoms with Crippen LogP contribution in [0.4, 0.5) is 10.1 Å². The first-order chi connectivity index (χ1) is 14.9. The van der Waals surface area contributed by atoms with Gasteiger partial charge in [-0.3, -0.25) is 9.69 Å². The Balaban J connectivity index is 1.23. The lowest BCUT2D eigenvalue weighted by Gasteiger charge is -2.23. The van der Waals surface area contributed by atoms with Crippen molar-refractivity contribution in [3.63, 3.8) is 0 Å². The van der Waals surface area contributed by atoms with Gasteiger partial charge in [0.2, 0.25) is 5.91 Å². The van der Waals surface area contributed by atoms with Crippen molar-refractivity contribution in [2.45, 2.75) is 24.5 Å². The summed E-state index contributed by atoms with van der Waals surface area (Å²) in [4.78, 5) is 13.5. The van der Waals surface area contributed by atoms with Crippen molar-refractivity contribution in [3.8, 4) is 5.75 Å². The summed E-state index contributed by atoms with van der Waals surface area (Å²) >= 11 is 0.